The van der Waals surface area contributed by atoms with Crippen molar-refractivity contribution in [2.24, 2.45) is 0 Å². The molecule has 7 nitrogen and oxygen atoms in total. The molecule has 0 amide bonds. The maximum absolute atomic E-state index is 13.7. The van der Waals surface area contributed by atoms with Gasteiger partial charge in [0.05, 0.1) is 65.6 Å². The standard InChI is InChI=1S/C26H30F18N4O3/c27-19(28,21(31,32)23(35,36)25(39,40)41)1-3-45-5-7-47(17-45)9-11-49-13-15-51-16-14-50-12-10-48-8-6-46(18-48)4-2-20(29,30)22(33,34)24(37,38)26(42,43)44/h5-8,17-18H,1-4,9-16H2/q+2. The lowest BCUT2D eigenvalue weighted by atomic mass is 10.0. The van der Waals surface area contributed by atoms with Crippen molar-refractivity contribution < 1.29 is 102 Å². The molecule has 0 spiro atoms. The summed E-state index contributed by atoms with van der Waals surface area (Å²) in [6, 6.07) is 0. The Morgan fingerprint density at radius 3 is 1.00 bits per heavy atom. The molecule has 0 saturated heterocycles. The van der Waals surface area contributed by atoms with Gasteiger partial charge in [0.2, 0.25) is 12.7 Å². The van der Waals surface area contributed by atoms with Crippen LogP contribution in [0.3, 0.4) is 0 Å². The summed E-state index contributed by atoms with van der Waals surface area (Å²) in [6.07, 6.45) is -10.9. The highest BCUT2D eigenvalue weighted by molar-refractivity contribution is 5.00. The van der Waals surface area contributed by atoms with E-state index in [2.05, 4.69) is 0 Å². The molecule has 2 heterocycles. The second kappa shape index (κ2) is 16.4. The molecule has 2 rings (SSSR count). The lowest BCUT2D eigenvalue weighted by molar-refractivity contribution is -0.700. The van der Waals surface area contributed by atoms with Gasteiger partial charge in [-0.3, -0.25) is 0 Å². The third kappa shape index (κ3) is 10.6. The highest BCUT2D eigenvalue weighted by Gasteiger charge is 2.82. The molecule has 296 valence electrons. The quantitative estimate of drug-likeness (QED) is 0.0797. The largest absolute Gasteiger partial charge is 0.460 e. The number of aryl methyl sites for hydroxylation is 2. The van der Waals surface area contributed by atoms with E-state index in [1.54, 1.807) is 0 Å². The maximum atomic E-state index is 13.7. The molecule has 0 fully saturated rings. The first-order chi connectivity index (χ1) is 23.1. The summed E-state index contributed by atoms with van der Waals surface area (Å²) in [4.78, 5) is 0. The summed E-state index contributed by atoms with van der Waals surface area (Å²) in [6.45, 7) is -1.55. The fourth-order valence-electron chi connectivity index (χ4n) is 3.96. The van der Waals surface area contributed by atoms with Crippen LogP contribution in [0.25, 0.3) is 0 Å². The van der Waals surface area contributed by atoms with Crippen molar-refractivity contribution in [3.8, 4) is 0 Å². The van der Waals surface area contributed by atoms with E-state index in [1.165, 1.54) is 21.5 Å². The van der Waals surface area contributed by atoms with E-state index in [1.807, 2.05) is 0 Å². The number of hydrogen-bond acceptors (Lipinski definition) is 3. The monoisotopic (exact) mass is 788 g/mol. The fourth-order valence-corrected chi connectivity index (χ4v) is 3.96. The molecule has 51 heavy (non-hydrogen) atoms. The van der Waals surface area contributed by atoms with Gasteiger partial charge in [-0.25, -0.2) is 18.3 Å². The average Bonchev–Trinajstić information content (AvgIpc) is 3.65. The van der Waals surface area contributed by atoms with Gasteiger partial charge in [0.15, 0.2) is 0 Å². The maximum Gasteiger partial charge on any atom is 0.460 e. The van der Waals surface area contributed by atoms with E-state index in [4.69, 9.17) is 14.2 Å². The summed E-state index contributed by atoms with van der Waals surface area (Å²) >= 11 is 0. The van der Waals surface area contributed by atoms with Crippen LogP contribution in [-0.4, -0.2) is 96.7 Å². The van der Waals surface area contributed by atoms with E-state index in [-0.39, 0.29) is 52.7 Å². The summed E-state index contributed by atoms with van der Waals surface area (Å²) in [5.41, 5.74) is 0. The van der Waals surface area contributed by atoms with Crippen molar-refractivity contribution in [3.05, 3.63) is 37.4 Å². The highest BCUT2D eigenvalue weighted by atomic mass is 19.4. The molecule has 0 aliphatic carbocycles. The van der Waals surface area contributed by atoms with Crippen LogP contribution in [0.5, 0.6) is 0 Å². The highest BCUT2D eigenvalue weighted by Crippen LogP contribution is 2.55. The van der Waals surface area contributed by atoms with E-state index in [9.17, 15) is 79.0 Å². The number of imidazole rings is 2. The Kier molecular flexibility index (Phi) is 14.2. The molecule has 0 radical (unpaired) electrons. The van der Waals surface area contributed by atoms with Gasteiger partial charge in [-0.2, -0.15) is 79.0 Å². The average molecular weight is 789 g/mol. The van der Waals surface area contributed by atoms with Crippen LogP contribution in [0.4, 0.5) is 79.0 Å². The molecule has 0 aliphatic rings. The molecule has 0 N–H and O–H groups in total. The van der Waals surface area contributed by atoms with E-state index in [0.29, 0.717) is 0 Å². The van der Waals surface area contributed by atoms with Gasteiger partial charge < -0.3 is 14.2 Å². The number of ether oxygens (including phenoxy) is 3. The molecule has 0 aromatic carbocycles. The number of alkyl halides is 18. The zero-order valence-electron chi connectivity index (χ0n) is 25.8. The lowest BCUT2D eigenvalue weighted by Gasteiger charge is -2.33. The number of hydrogen-bond donors (Lipinski definition) is 0. The molecule has 0 saturated carbocycles. The topological polar surface area (TPSA) is 45.3 Å². The smallest absolute Gasteiger partial charge is 0.377 e. The van der Waals surface area contributed by atoms with Crippen LogP contribution >= 0.6 is 0 Å². The summed E-state index contributed by atoms with van der Waals surface area (Å²) < 4.78 is 254. The van der Waals surface area contributed by atoms with Crippen molar-refractivity contribution in [2.75, 3.05) is 39.6 Å². The summed E-state index contributed by atoms with van der Waals surface area (Å²) in [7, 11) is 0. The Morgan fingerprint density at radius 1 is 0.412 bits per heavy atom. The lowest BCUT2D eigenvalue weighted by Crippen LogP contribution is -2.61. The molecule has 0 bridgehead atoms. The van der Waals surface area contributed by atoms with Gasteiger partial charge in [-0.15, -0.1) is 0 Å². The Balaban J connectivity index is 1.59. The molecule has 0 aliphatic heterocycles. The molecule has 0 unspecified atom stereocenters. The van der Waals surface area contributed by atoms with E-state index < -0.39 is 73.8 Å². The minimum atomic E-state index is -6.96. The first-order valence-corrected chi connectivity index (χ1v) is 14.3. The van der Waals surface area contributed by atoms with Crippen LogP contribution < -0.4 is 9.13 Å². The SMILES string of the molecule is FC(F)(F)C(F)(F)C(F)(F)C(F)(F)CC[n+]1ccn(CCOCCOCCOCCn2cc[n+](CCC(F)(F)C(F)(F)C(F)(F)C(F)(F)F)c2)c1. The molecular weight excluding hydrogens is 758 g/mol. The Labute approximate surface area is 276 Å². The zero-order chi connectivity index (χ0) is 39.2. The Morgan fingerprint density at radius 2 is 0.706 bits per heavy atom. The van der Waals surface area contributed by atoms with E-state index in [0.717, 1.165) is 34.2 Å². The second-order valence-corrected chi connectivity index (χ2v) is 10.8. The van der Waals surface area contributed by atoms with Crippen LogP contribution in [-0.2, 0) is 40.4 Å². The number of rotatable bonds is 22. The van der Waals surface area contributed by atoms with Crippen molar-refractivity contribution in [1.82, 2.24) is 9.13 Å². The molecule has 0 atom stereocenters. The van der Waals surface area contributed by atoms with Gasteiger partial charge in [-0.1, -0.05) is 0 Å². The fraction of sp³-hybridized carbons (Fsp3) is 0.769. The van der Waals surface area contributed by atoms with E-state index >= 15 is 0 Å². The predicted octanol–water partition coefficient (Wildman–Crippen LogP) is 6.33. The minimum Gasteiger partial charge on any atom is -0.377 e. The van der Waals surface area contributed by atoms with Crippen LogP contribution in [0.2, 0.25) is 0 Å². The molecule has 25 heteroatoms. The van der Waals surface area contributed by atoms with Gasteiger partial charge >= 0.3 is 47.9 Å². The number of nitrogens with zero attached hydrogens (tertiary/aromatic N) is 4. The third-order valence-electron chi connectivity index (χ3n) is 7.01. The number of aromatic nitrogens is 4. The Hall–Kier alpha value is -2.96. The first kappa shape index (κ1) is 44.2. The van der Waals surface area contributed by atoms with Crippen LogP contribution in [0.15, 0.2) is 37.4 Å². The molecule has 2 aromatic rings. The van der Waals surface area contributed by atoms with Gasteiger partial charge in [0, 0.05) is 0 Å². The minimum absolute atomic E-state index is 0.0253. The summed E-state index contributed by atoms with van der Waals surface area (Å²) in [5.74, 6) is -38.7. The molecule has 2 aromatic heterocycles. The van der Waals surface area contributed by atoms with Gasteiger partial charge in [-0.05, 0) is 0 Å². The van der Waals surface area contributed by atoms with Crippen molar-refractivity contribution in [2.45, 2.75) is 86.9 Å². The summed E-state index contributed by atoms with van der Waals surface area (Å²) in [5, 5.41) is 0. The second-order valence-electron chi connectivity index (χ2n) is 10.8. The van der Waals surface area contributed by atoms with Crippen molar-refractivity contribution in [3.63, 3.8) is 0 Å². The van der Waals surface area contributed by atoms with Crippen LogP contribution in [0.1, 0.15) is 12.8 Å². The molecular formula is C26H30F18N4O3+2. The normalized spacial score (nSPS) is 14.5. The van der Waals surface area contributed by atoms with Gasteiger partial charge in [0.25, 0.3) is 0 Å². The van der Waals surface area contributed by atoms with Gasteiger partial charge in [0.1, 0.15) is 37.9 Å². The third-order valence-corrected chi connectivity index (χ3v) is 7.01. The van der Waals surface area contributed by atoms with Crippen molar-refractivity contribution in [1.29, 1.82) is 0 Å². The van der Waals surface area contributed by atoms with Crippen molar-refractivity contribution >= 4 is 0 Å². The predicted molar refractivity (Wildman–Crippen MR) is 133 cm³/mol. The number of halogens is 18. The Bertz CT molecular complexity index is 1260. The van der Waals surface area contributed by atoms with Crippen LogP contribution in [0, 0.1) is 0 Å². The first-order valence-electron chi connectivity index (χ1n) is 14.3. The zero-order valence-corrected chi connectivity index (χ0v) is 25.8.